The monoisotopic (exact) mass is 299 g/mol. The van der Waals surface area contributed by atoms with Crippen LogP contribution in [0.5, 0.6) is 0 Å². The van der Waals surface area contributed by atoms with E-state index in [0.29, 0.717) is 6.07 Å². The summed E-state index contributed by atoms with van der Waals surface area (Å²) in [4.78, 5) is 4.10. The number of pyridine rings is 1. The van der Waals surface area contributed by atoms with E-state index in [0.717, 1.165) is 22.8 Å². The van der Waals surface area contributed by atoms with E-state index in [-0.39, 0.29) is 11.3 Å². The lowest BCUT2D eigenvalue weighted by Gasteiger charge is -2.10. The molecular formula is C18H12F3N. The van der Waals surface area contributed by atoms with Crippen LogP contribution in [-0.2, 0) is 0 Å². The Morgan fingerprint density at radius 3 is 2.32 bits per heavy atom. The first-order chi connectivity index (χ1) is 10.6. The van der Waals surface area contributed by atoms with Crippen LogP contribution in [0.3, 0.4) is 0 Å². The van der Waals surface area contributed by atoms with E-state index in [1.54, 1.807) is 12.3 Å². The SMILES string of the molecule is Cc1cnc(-c2cc(F)cc(F)c2F)cc1-c1ccccc1. The quantitative estimate of drug-likeness (QED) is 0.597. The molecule has 0 aliphatic carbocycles. The smallest absolute Gasteiger partial charge is 0.168 e. The molecule has 0 fully saturated rings. The molecule has 3 aromatic rings. The normalized spacial score (nSPS) is 10.7. The third kappa shape index (κ3) is 2.60. The van der Waals surface area contributed by atoms with Gasteiger partial charge in [-0.1, -0.05) is 30.3 Å². The first-order valence-corrected chi connectivity index (χ1v) is 6.73. The van der Waals surface area contributed by atoms with Crippen LogP contribution in [-0.4, -0.2) is 4.98 Å². The molecule has 3 rings (SSSR count). The first-order valence-electron chi connectivity index (χ1n) is 6.73. The Labute approximate surface area is 126 Å². The Morgan fingerprint density at radius 1 is 0.864 bits per heavy atom. The minimum atomic E-state index is -1.22. The number of benzene rings is 2. The molecule has 0 amide bonds. The topological polar surface area (TPSA) is 12.9 Å². The van der Waals surface area contributed by atoms with Crippen molar-refractivity contribution in [2.24, 2.45) is 0 Å². The minimum absolute atomic E-state index is 0.185. The lowest BCUT2D eigenvalue weighted by molar-refractivity contribution is 0.497. The van der Waals surface area contributed by atoms with E-state index >= 15 is 0 Å². The van der Waals surface area contributed by atoms with E-state index < -0.39 is 17.5 Å². The van der Waals surface area contributed by atoms with E-state index in [1.807, 2.05) is 37.3 Å². The Kier molecular flexibility index (Phi) is 3.67. The number of hydrogen-bond acceptors (Lipinski definition) is 1. The molecule has 0 unspecified atom stereocenters. The summed E-state index contributed by atoms with van der Waals surface area (Å²) in [5.74, 6) is -3.16. The Bertz CT molecular complexity index is 829. The summed E-state index contributed by atoms with van der Waals surface area (Å²) in [6.07, 6.45) is 1.57. The average Bonchev–Trinajstić information content (AvgIpc) is 2.52. The molecule has 4 heteroatoms. The summed E-state index contributed by atoms with van der Waals surface area (Å²) in [5, 5.41) is 0. The van der Waals surface area contributed by atoms with Crippen molar-refractivity contribution in [1.82, 2.24) is 4.98 Å². The molecular weight excluding hydrogens is 287 g/mol. The van der Waals surface area contributed by atoms with E-state index in [2.05, 4.69) is 4.98 Å². The fraction of sp³-hybridized carbons (Fsp3) is 0.0556. The summed E-state index contributed by atoms with van der Waals surface area (Å²) in [6, 6.07) is 12.6. The molecule has 1 nitrogen and oxygen atoms in total. The average molecular weight is 299 g/mol. The summed E-state index contributed by atoms with van der Waals surface area (Å²) in [7, 11) is 0. The van der Waals surface area contributed by atoms with Crippen molar-refractivity contribution in [2.45, 2.75) is 6.92 Å². The molecule has 0 saturated heterocycles. The van der Waals surface area contributed by atoms with Crippen molar-refractivity contribution in [2.75, 3.05) is 0 Å². The van der Waals surface area contributed by atoms with Crippen LogP contribution in [0.1, 0.15) is 5.56 Å². The molecule has 1 heterocycles. The number of aromatic nitrogens is 1. The van der Waals surface area contributed by atoms with Gasteiger partial charge in [0.1, 0.15) is 5.82 Å². The second kappa shape index (κ2) is 5.64. The van der Waals surface area contributed by atoms with E-state index in [4.69, 9.17) is 0 Å². The van der Waals surface area contributed by atoms with Gasteiger partial charge < -0.3 is 0 Å². The van der Waals surface area contributed by atoms with Crippen LogP contribution in [0.15, 0.2) is 54.7 Å². The maximum Gasteiger partial charge on any atom is 0.168 e. The van der Waals surface area contributed by atoms with Crippen LogP contribution < -0.4 is 0 Å². The second-order valence-corrected chi connectivity index (χ2v) is 5.00. The first kappa shape index (κ1) is 14.3. The second-order valence-electron chi connectivity index (χ2n) is 5.00. The van der Waals surface area contributed by atoms with Gasteiger partial charge in [-0.2, -0.15) is 0 Å². The van der Waals surface area contributed by atoms with Gasteiger partial charge in [-0.3, -0.25) is 4.98 Å². The van der Waals surface area contributed by atoms with Gasteiger partial charge in [0, 0.05) is 17.8 Å². The molecule has 110 valence electrons. The summed E-state index contributed by atoms with van der Waals surface area (Å²) >= 11 is 0. The zero-order chi connectivity index (χ0) is 15.7. The standard InChI is InChI=1S/C18H12F3N/c1-11-10-22-17(9-14(11)12-5-3-2-4-6-12)15-7-13(19)8-16(20)18(15)21/h2-10H,1H3. The van der Waals surface area contributed by atoms with Gasteiger partial charge in [-0.05, 0) is 35.7 Å². The number of hydrogen-bond donors (Lipinski definition) is 0. The molecule has 0 N–H and O–H groups in total. The molecule has 0 bridgehead atoms. The van der Waals surface area contributed by atoms with Crippen molar-refractivity contribution in [3.8, 4) is 22.4 Å². The Balaban J connectivity index is 2.18. The van der Waals surface area contributed by atoms with Gasteiger partial charge in [0.2, 0.25) is 0 Å². The van der Waals surface area contributed by atoms with Crippen LogP contribution in [0, 0.1) is 24.4 Å². The van der Waals surface area contributed by atoms with Crippen LogP contribution in [0.25, 0.3) is 22.4 Å². The number of aryl methyl sites for hydroxylation is 1. The molecule has 0 aliphatic heterocycles. The highest BCUT2D eigenvalue weighted by molar-refractivity contribution is 5.73. The van der Waals surface area contributed by atoms with Gasteiger partial charge in [0.05, 0.1) is 5.69 Å². The van der Waals surface area contributed by atoms with Gasteiger partial charge in [-0.25, -0.2) is 13.2 Å². The lowest BCUT2D eigenvalue weighted by atomic mass is 9.99. The number of halogens is 3. The van der Waals surface area contributed by atoms with Crippen molar-refractivity contribution in [1.29, 1.82) is 0 Å². The van der Waals surface area contributed by atoms with Crippen molar-refractivity contribution >= 4 is 0 Å². The molecule has 22 heavy (non-hydrogen) atoms. The van der Waals surface area contributed by atoms with E-state index in [9.17, 15) is 13.2 Å². The fourth-order valence-electron chi connectivity index (χ4n) is 2.34. The van der Waals surface area contributed by atoms with Crippen molar-refractivity contribution in [3.05, 3.63) is 77.7 Å². The maximum atomic E-state index is 13.9. The largest absolute Gasteiger partial charge is 0.256 e. The Hall–Kier alpha value is -2.62. The molecule has 0 radical (unpaired) electrons. The van der Waals surface area contributed by atoms with Crippen LogP contribution in [0.4, 0.5) is 13.2 Å². The van der Waals surface area contributed by atoms with Crippen molar-refractivity contribution < 1.29 is 13.2 Å². The molecule has 0 atom stereocenters. The van der Waals surface area contributed by atoms with Gasteiger partial charge >= 0.3 is 0 Å². The predicted molar refractivity (Wildman–Crippen MR) is 79.7 cm³/mol. The van der Waals surface area contributed by atoms with Gasteiger partial charge in [0.25, 0.3) is 0 Å². The molecule has 1 aromatic heterocycles. The van der Waals surface area contributed by atoms with Gasteiger partial charge in [0.15, 0.2) is 11.6 Å². The predicted octanol–water partition coefficient (Wildman–Crippen LogP) is 5.14. The molecule has 0 spiro atoms. The highest BCUT2D eigenvalue weighted by Gasteiger charge is 2.15. The summed E-state index contributed by atoms with van der Waals surface area (Å²) in [5.41, 5.74) is 2.68. The highest BCUT2D eigenvalue weighted by atomic mass is 19.2. The third-order valence-electron chi connectivity index (χ3n) is 3.46. The molecule has 2 aromatic carbocycles. The summed E-state index contributed by atoms with van der Waals surface area (Å²) < 4.78 is 40.7. The lowest BCUT2D eigenvalue weighted by Crippen LogP contribution is -1.96. The third-order valence-corrected chi connectivity index (χ3v) is 3.46. The number of rotatable bonds is 2. The summed E-state index contributed by atoms with van der Waals surface area (Å²) in [6.45, 7) is 1.88. The minimum Gasteiger partial charge on any atom is -0.256 e. The highest BCUT2D eigenvalue weighted by Crippen LogP contribution is 2.30. The number of nitrogens with zero attached hydrogens (tertiary/aromatic N) is 1. The molecule has 0 saturated carbocycles. The van der Waals surface area contributed by atoms with Crippen molar-refractivity contribution in [3.63, 3.8) is 0 Å². The van der Waals surface area contributed by atoms with Gasteiger partial charge in [-0.15, -0.1) is 0 Å². The zero-order valence-electron chi connectivity index (χ0n) is 11.8. The van der Waals surface area contributed by atoms with Crippen LogP contribution >= 0.6 is 0 Å². The Morgan fingerprint density at radius 2 is 1.59 bits per heavy atom. The fourth-order valence-corrected chi connectivity index (χ4v) is 2.34. The van der Waals surface area contributed by atoms with Crippen LogP contribution in [0.2, 0.25) is 0 Å². The molecule has 0 aliphatic rings. The maximum absolute atomic E-state index is 13.9. The van der Waals surface area contributed by atoms with E-state index in [1.165, 1.54) is 0 Å². The zero-order valence-corrected chi connectivity index (χ0v) is 11.8.